The molecule has 0 aliphatic carbocycles. The first kappa shape index (κ1) is 13.4. The Labute approximate surface area is 85.2 Å². The predicted octanol–water partition coefficient (Wildman–Crippen LogP) is 0.973. The van der Waals surface area contributed by atoms with E-state index in [-0.39, 0.29) is 12.6 Å². The first-order valence-electron chi connectivity index (χ1n) is 4.84. The van der Waals surface area contributed by atoms with Crippen molar-refractivity contribution in [2.24, 2.45) is 5.92 Å². The molecule has 0 heterocycles. The lowest BCUT2D eigenvalue weighted by atomic mass is 9.84. The third-order valence-electron chi connectivity index (χ3n) is 2.55. The minimum absolute atomic E-state index is 0.150. The Morgan fingerprint density at radius 1 is 1.43 bits per heavy atom. The molecule has 0 spiro atoms. The Morgan fingerprint density at radius 3 is 2.29 bits per heavy atom. The second-order valence-corrected chi connectivity index (χ2v) is 3.37. The Hall–Kier alpha value is -0.610. The normalized spacial score (nSPS) is 17.2. The lowest BCUT2D eigenvalue weighted by Crippen LogP contribution is -2.45. The van der Waals surface area contributed by atoms with Crippen LogP contribution in [-0.4, -0.2) is 37.5 Å². The van der Waals surface area contributed by atoms with Crippen molar-refractivity contribution in [2.75, 3.05) is 20.8 Å². The third kappa shape index (κ3) is 2.96. The van der Waals surface area contributed by atoms with E-state index in [0.717, 1.165) is 0 Å². The molecule has 0 amide bonds. The molecular formula is C10H20O4. The maximum absolute atomic E-state index is 11.4. The molecule has 4 nitrogen and oxygen atoms in total. The van der Waals surface area contributed by atoms with Gasteiger partial charge in [-0.25, -0.2) is 0 Å². The molecule has 0 aliphatic rings. The zero-order chi connectivity index (χ0) is 11.2. The summed E-state index contributed by atoms with van der Waals surface area (Å²) in [6.45, 7) is 3.82. The molecule has 0 radical (unpaired) electrons. The van der Waals surface area contributed by atoms with E-state index in [1.54, 1.807) is 0 Å². The Morgan fingerprint density at radius 2 is 2.00 bits per heavy atom. The van der Waals surface area contributed by atoms with Gasteiger partial charge in [0.1, 0.15) is 5.60 Å². The number of hydrogen-bond donors (Lipinski definition) is 1. The predicted molar refractivity (Wildman–Crippen MR) is 52.9 cm³/mol. The lowest BCUT2D eigenvalue weighted by Gasteiger charge is -2.32. The second kappa shape index (κ2) is 5.98. The highest BCUT2D eigenvalue weighted by Gasteiger charge is 2.39. The number of rotatable bonds is 6. The molecule has 0 bridgehead atoms. The van der Waals surface area contributed by atoms with Crippen LogP contribution < -0.4 is 0 Å². The molecular weight excluding hydrogens is 184 g/mol. The smallest absolute Gasteiger partial charge is 0.311 e. The fraction of sp³-hybridized carbons (Fsp3) is 0.900. The van der Waals surface area contributed by atoms with Crippen LogP contribution in [0.2, 0.25) is 0 Å². The Kier molecular flexibility index (Phi) is 5.72. The highest BCUT2D eigenvalue weighted by molar-refractivity contribution is 5.73. The molecule has 14 heavy (non-hydrogen) atoms. The van der Waals surface area contributed by atoms with Crippen molar-refractivity contribution in [1.29, 1.82) is 0 Å². The maximum Gasteiger partial charge on any atom is 0.311 e. The van der Waals surface area contributed by atoms with Crippen molar-refractivity contribution in [2.45, 2.75) is 32.3 Å². The van der Waals surface area contributed by atoms with Gasteiger partial charge in [0.2, 0.25) is 0 Å². The number of aliphatic hydroxyl groups is 1. The van der Waals surface area contributed by atoms with Gasteiger partial charge in [0, 0.05) is 7.11 Å². The van der Waals surface area contributed by atoms with Crippen LogP contribution >= 0.6 is 0 Å². The third-order valence-corrected chi connectivity index (χ3v) is 2.55. The fourth-order valence-corrected chi connectivity index (χ4v) is 1.61. The zero-order valence-electron chi connectivity index (χ0n) is 9.37. The van der Waals surface area contributed by atoms with Crippen molar-refractivity contribution >= 4 is 5.97 Å². The van der Waals surface area contributed by atoms with Crippen LogP contribution in [0.1, 0.15) is 26.7 Å². The van der Waals surface area contributed by atoms with Crippen LogP contribution in [0.5, 0.6) is 0 Å². The number of carbonyl (C=O) groups is 1. The first-order valence-corrected chi connectivity index (χ1v) is 4.84. The molecule has 84 valence electrons. The average molecular weight is 204 g/mol. The monoisotopic (exact) mass is 204 g/mol. The second-order valence-electron chi connectivity index (χ2n) is 3.37. The number of methoxy groups -OCH3 is 2. The number of esters is 1. The van der Waals surface area contributed by atoms with Gasteiger partial charge in [0.25, 0.3) is 0 Å². The van der Waals surface area contributed by atoms with Gasteiger partial charge < -0.3 is 14.6 Å². The van der Waals surface area contributed by atoms with Gasteiger partial charge in [0.05, 0.1) is 19.6 Å². The van der Waals surface area contributed by atoms with Crippen molar-refractivity contribution in [1.82, 2.24) is 0 Å². The van der Waals surface area contributed by atoms with Gasteiger partial charge in [-0.1, -0.05) is 13.8 Å². The summed E-state index contributed by atoms with van der Waals surface area (Å²) in [5.74, 6) is -0.897. The van der Waals surface area contributed by atoms with Crippen LogP contribution in [0.4, 0.5) is 0 Å². The minimum Gasteiger partial charge on any atom is -0.469 e. The van der Waals surface area contributed by atoms with Gasteiger partial charge in [-0.2, -0.15) is 0 Å². The van der Waals surface area contributed by atoms with Crippen molar-refractivity contribution in [3.8, 4) is 0 Å². The van der Waals surface area contributed by atoms with E-state index in [4.69, 9.17) is 4.74 Å². The molecule has 4 heteroatoms. The molecule has 0 saturated carbocycles. The molecule has 0 rings (SSSR count). The molecule has 0 aromatic heterocycles. The summed E-state index contributed by atoms with van der Waals surface area (Å²) in [6, 6.07) is 0. The van der Waals surface area contributed by atoms with E-state index >= 15 is 0 Å². The van der Waals surface area contributed by atoms with Crippen molar-refractivity contribution < 1.29 is 19.4 Å². The van der Waals surface area contributed by atoms with Gasteiger partial charge in [0.15, 0.2) is 0 Å². The topological polar surface area (TPSA) is 55.8 Å². The summed E-state index contributed by atoms with van der Waals surface area (Å²) in [5.41, 5.74) is -1.11. The summed E-state index contributed by atoms with van der Waals surface area (Å²) >= 11 is 0. The molecule has 0 aromatic rings. The van der Waals surface area contributed by atoms with Crippen molar-refractivity contribution in [3.05, 3.63) is 0 Å². The molecule has 2 atom stereocenters. The number of ether oxygens (including phenoxy) is 2. The largest absolute Gasteiger partial charge is 0.469 e. The Bertz CT molecular complexity index is 181. The number of carbonyl (C=O) groups excluding carboxylic acids is 1. The minimum atomic E-state index is -1.11. The average Bonchev–Trinajstić information content (AvgIpc) is 2.19. The lowest BCUT2D eigenvalue weighted by molar-refractivity contribution is -0.161. The molecule has 2 unspecified atom stereocenters. The standard InChI is InChI=1S/C10H20O4/c1-5-8(9(11)14-4)10(12,6-2)7-13-3/h8,12H,5-7H2,1-4H3. The maximum atomic E-state index is 11.4. The SMILES string of the molecule is CCC(C(=O)OC)C(O)(CC)COC. The van der Waals surface area contributed by atoms with E-state index < -0.39 is 11.5 Å². The van der Waals surface area contributed by atoms with Gasteiger partial charge in [-0.15, -0.1) is 0 Å². The van der Waals surface area contributed by atoms with Crippen LogP contribution in [-0.2, 0) is 14.3 Å². The van der Waals surface area contributed by atoms with E-state index in [1.165, 1.54) is 14.2 Å². The molecule has 0 fully saturated rings. The fourth-order valence-electron chi connectivity index (χ4n) is 1.61. The summed E-state index contributed by atoms with van der Waals surface area (Å²) in [5, 5.41) is 10.2. The van der Waals surface area contributed by atoms with E-state index in [1.807, 2.05) is 13.8 Å². The summed E-state index contributed by atoms with van der Waals surface area (Å²) in [6.07, 6.45) is 1.01. The van der Waals surface area contributed by atoms with Gasteiger partial charge in [-0.3, -0.25) is 4.79 Å². The van der Waals surface area contributed by atoms with Gasteiger partial charge in [-0.05, 0) is 12.8 Å². The van der Waals surface area contributed by atoms with Crippen LogP contribution in [0.3, 0.4) is 0 Å². The Balaban J connectivity index is 4.66. The molecule has 1 N–H and O–H groups in total. The summed E-state index contributed by atoms with van der Waals surface area (Å²) < 4.78 is 9.56. The van der Waals surface area contributed by atoms with Crippen LogP contribution in [0.15, 0.2) is 0 Å². The molecule has 0 saturated heterocycles. The van der Waals surface area contributed by atoms with E-state index in [9.17, 15) is 9.90 Å². The van der Waals surface area contributed by atoms with Crippen molar-refractivity contribution in [3.63, 3.8) is 0 Å². The van der Waals surface area contributed by atoms with Gasteiger partial charge >= 0.3 is 5.97 Å². The molecule has 0 aliphatic heterocycles. The highest BCUT2D eigenvalue weighted by Crippen LogP contribution is 2.26. The number of hydrogen-bond acceptors (Lipinski definition) is 4. The first-order chi connectivity index (χ1) is 6.55. The van der Waals surface area contributed by atoms with E-state index in [0.29, 0.717) is 12.8 Å². The summed E-state index contributed by atoms with van der Waals surface area (Å²) in [4.78, 5) is 11.4. The highest BCUT2D eigenvalue weighted by atomic mass is 16.5. The van der Waals surface area contributed by atoms with Crippen LogP contribution in [0.25, 0.3) is 0 Å². The van der Waals surface area contributed by atoms with E-state index in [2.05, 4.69) is 4.74 Å². The quantitative estimate of drug-likeness (QED) is 0.655. The zero-order valence-corrected chi connectivity index (χ0v) is 9.37. The molecule has 0 aromatic carbocycles. The summed E-state index contributed by atoms with van der Waals surface area (Å²) in [7, 11) is 2.83. The van der Waals surface area contributed by atoms with Crippen LogP contribution in [0, 0.1) is 5.92 Å².